The summed E-state index contributed by atoms with van der Waals surface area (Å²) in [4.78, 5) is 0. The van der Waals surface area contributed by atoms with E-state index in [-0.39, 0.29) is 12.4 Å². The van der Waals surface area contributed by atoms with Gasteiger partial charge in [-0.1, -0.05) is 79.9 Å². The monoisotopic (exact) mass is 383 g/mol. The number of hydrogen-bond donors (Lipinski definition) is 1. The van der Waals surface area contributed by atoms with E-state index in [0.717, 1.165) is 18.8 Å². The van der Waals surface area contributed by atoms with E-state index in [9.17, 15) is 0 Å². The second-order valence-electron chi connectivity index (χ2n) is 6.92. The molecule has 3 aromatic carbocycles. The molecule has 27 heavy (non-hydrogen) atoms. The fraction of sp³-hybridized carbons (Fsp3) is 0.333. The van der Waals surface area contributed by atoms with Crippen LogP contribution in [0.5, 0.6) is 5.75 Å². The van der Waals surface area contributed by atoms with Gasteiger partial charge in [0.2, 0.25) is 0 Å². The number of hydrogen-bond acceptors (Lipinski definition) is 2. The second kappa shape index (κ2) is 11.0. The van der Waals surface area contributed by atoms with Crippen molar-refractivity contribution in [1.29, 1.82) is 0 Å². The first-order chi connectivity index (χ1) is 12.8. The summed E-state index contributed by atoms with van der Waals surface area (Å²) < 4.78 is 6.21. The molecule has 0 saturated carbocycles. The van der Waals surface area contributed by atoms with Gasteiger partial charge in [-0.25, -0.2) is 0 Å². The van der Waals surface area contributed by atoms with Crippen molar-refractivity contribution in [2.45, 2.75) is 46.3 Å². The molecule has 0 spiro atoms. The third-order valence-corrected chi connectivity index (χ3v) is 4.77. The smallest absolute Gasteiger partial charge is 0.124 e. The number of benzene rings is 3. The Bertz CT molecular complexity index is 829. The van der Waals surface area contributed by atoms with Gasteiger partial charge in [-0.2, -0.15) is 0 Å². The molecule has 144 valence electrons. The Balaban J connectivity index is 0.00000261. The lowest BCUT2D eigenvalue weighted by molar-refractivity contribution is 0.302. The van der Waals surface area contributed by atoms with Crippen molar-refractivity contribution in [2.24, 2.45) is 0 Å². The highest BCUT2D eigenvalue weighted by Gasteiger charge is 2.09. The summed E-state index contributed by atoms with van der Waals surface area (Å²) in [6, 6.07) is 21.4. The standard InChI is InChI=1S/C24H29NO.ClH/c1-3-4-7-16-25-17-23-22-9-6-5-8-21(22)14-15-24(23)26-18-20-12-10-19(2)11-13-20;/h5-6,8-15,25H,3-4,7,16-18H2,1-2H3;1H. The average molecular weight is 384 g/mol. The van der Waals surface area contributed by atoms with Gasteiger partial charge in [-0.05, 0) is 42.3 Å². The fourth-order valence-corrected chi connectivity index (χ4v) is 3.19. The Morgan fingerprint density at radius 2 is 1.67 bits per heavy atom. The summed E-state index contributed by atoms with van der Waals surface area (Å²) in [5.41, 5.74) is 3.73. The van der Waals surface area contributed by atoms with Gasteiger partial charge < -0.3 is 10.1 Å². The van der Waals surface area contributed by atoms with Crippen molar-refractivity contribution < 1.29 is 4.74 Å². The molecule has 3 heteroatoms. The lowest BCUT2D eigenvalue weighted by atomic mass is 10.0. The Hall–Kier alpha value is -2.03. The molecule has 3 aromatic rings. The molecule has 2 nitrogen and oxygen atoms in total. The van der Waals surface area contributed by atoms with E-state index < -0.39 is 0 Å². The molecule has 0 aliphatic heterocycles. The molecule has 0 saturated heterocycles. The maximum absolute atomic E-state index is 6.21. The van der Waals surface area contributed by atoms with E-state index in [1.807, 2.05) is 0 Å². The van der Waals surface area contributed by atoms with E-state index in [1.165, 1.54) is 46.7 Å². The SMILES string of the molecule is CCCCCNCc1c(OCc2ccc(C)cc2)ccc2ccccc12.Cl. The first-order valence-corrected chi connectivity index (χ1v) is 9.67. The van der Waals surface area contributed by atoms with E-state index >= 15 is 0 Å². The van der Waals surface area contributed by atoms with Crippen LogP contribution in [0.25, 0.3) is 10.8 Å². The van der Waals surface area contributed by atoms with Crippen LogP contribution in [0.15, 0.2) is 60.7 Å². The lowest BCUT2D eigenvalue weighted by Gasteiger charge is -2.15. The van der Waals surface area contributed by atoms with Crippen molar-refractivity contribution in [3.63, 3.8) is 0 Å². The third-order valence-electron chi connectivity index (χ3n) is 4.77. The topological polar surface area (TPSA) is 21.3 Å². The molecule has 0 amide bonds. The Labute approximate surface area is 169 Å². The highest BCUT2D eigenvalue weighted by atomic mass is 35.5. The highest BCUT2D eigenvalue weighted by molar-refractivity contribution is 5.87. The Kier molecular flexibility index (Phi) is 8.63. The molecule has 0 bridgehead atoms. The van der Waals surface area contributed by atoms with Gasteiger partial charge in [0, 0.05) is 12.1 Å². The normalized spacial score (nSPS) is 10.6. The number of nitrogens with one attached hydrogen (secondary N) is 1. The fourth-order valence-electron chi connectivity index (χ4n) is 3.19. The molecule has 0 heterocycles. The zero-order valence-corrected chi connectivity index (χ0v) is 17.1. The molecule has 0 aliphatic rings. The molecule has 0 aliphatic carbocycles. The van der Waals surface area contributed by atoms with Gasteiger partial charge in [-0.15, -0.1) is 12.4 Å². The van der Waals surface area contributed by atoms with Crippen LogP contribution in [0.2, 0.25) is 0 Å². The maximum Gasteiger partial charge on any atom is 0.124 e. The van der Waals surface area contributed by atoms with Gasteiger partial charge in [-0.3, -0.25) is 0 Å². The number of fused-ring (bicyclic) bond motifs is 1. The summed E-state index contributed by atoms with van der Waals surface area (Å²) in [5, 5.41) is 6.13. The molecule has 0 aromatic heterocycles. The third kappa shape index (κ3) is 5.98. The number of aryl methyl sites for hydroxylation is 1. The second-order valence-corrected chi connectivity index (χ2v) is 6.92. The van der Waals surface area contributed by atoms with E-state index in [1.54, 1.807) is 0 Å². The van der Waals surface area contributed by atoms with Crippen molar-refractivity contribution >= 4 is 23.2 Å². The van der Waals surface area contributed by atoms with E-state index in [0.29, 0.717) is 6.61 Å². The highest BCUT2D eigenvalue weighted by Crippen LogP contribution is 2.28. The van der Waals surface area contributed by atoms with Crippen LogP contribution in [0.4, 0.5) is 0 Å². The summed E-state index contributed by atoms with van der Waals surface area (Å²) in [6.45, 7) is 6.84. The van der Waals surface area contributed by atoms with Crippen molar-refractivity contribution in [1.82, 2.24) is 5.32 Å². The molecule has 0 atom stereocenters. The zero-order chi connectivity index (χ0) is 18.2. The van der Waals surface area contributed by atoms with Crippen molar-refractivity contribution in [3.8, 4) is 5.75 Å². The summed E-state index contributed by atoms with van der Waals surface area (Å²) >= 11 is 0. The minimum atomic E-state index is 0. The lowest BCUT2D eigenvalue weighted by Crippen LogP contribution is -2.15. The summed E-state index contributed by atoms with van der Waals surface area (Å²) in [6.07, 6.45) is 3.75. The molecular formula is C24H30ClNO. The van der Waals surface area contributed by atoms with Gasteiger partial charge in [0.25, 0.3) is 0 Å². The van der Waals surface area contributed by atoms with Gasteiger partial charge >= 0.3 is 0 Å². The van der Waals surface area contributed by atoms with Gasteiger partial charge in [0.15, 0.2) is 0 Å². The minimum Gasteiger partial charge on any atom is -0.489 e. The quantitative estimate of drug-likeness (QED) is 0.430. The molecule has 0 unspecified atom stereocenters. The number of ether oxygens (including phenoxy) is 1. The molecule has 0 fully saturated rings. The number of unbranched alkanes of at least 4 members (excludes halogenated alkanes) is 2. The van der Waals surface area contributed by atoms with E-state index in [2.05, 4.69) is 79.8 Å². The average Bonchev–Trinajstić information content (AvgIpc) is 2.68. The van der Waals surface area contributed by atoms with Crippen molar-refractivity contribution in [3.05, 3.63) is 77.4 Å². The van der Waals surface area contributed by atoms with Crippen LogP contribution >= 0.6 is 12.4 Å². The van der Waals surface area contributed by atoms with Gasteiger partial charge in [0.1, 0.15) is 12.4 Å². The maximum atomic E-state index is 6.21. The van der Waals surface area contributed by atoms with E-state index in [4.69, 9.17) is 4.74 Å². The largest absolute Gasteiger partial charge is 0.489 e. The molecule has 1 N–H and O–H groups in total. The van der Waals surface area contributed by atoms with Crippen LogP contribution < -0.4 is 10.1 Å². The summed E-state index contributed by atoms with van der Waals surface area (Å²) in [7, 11) is 0. The van der Waals surface area contributed by atoms with Gasteiger partial charge in [0.05, 0.1) is 0 Å². The van der Waals surface area contributed by atoms with Crippen molar-refractivity contribution in [2.75, 3.05) is 6.54 Å². The molecule has 3 rings (SSSR count). The van der Waals surface area contributed by atoms with Crippen LogP contribution in [0, 0.1) is 6.92 Å². The molecular weight excluding hydrogens is 354 g/mol. The Morgan fingerprint density at radius 1 is 0.889 bits per heavy atom. The van der Waals surface area contributed by atoms with Crippen LogP contribution in [-0.2, 0) is 13.2 Å². The molecule has 0 radical (unpaired) electrons. The van der Waals surface area contributed by atoms with Crippen LogP contribution in [0.1, 0.15) is 42.9 Å². The zero-order valence-electron chi connectivity index (χ0n) is 16.3. The Morgan fingerprint density at radius 3 is 2.44 bits per heavy atom. The first kappa shape index (κ1) is 21.3. The minimum absolute atomic E-state index is 0. The predicted octanol–water partition coefficient (Wildman–Crippen LogP) is 6.43. The summed E-state index contributed by atoms with van der Waals surface area (Å²) in [5.74, 6) is 0.979. The first-order valence-electron chi connectivity index (χ1n) is 9.67. The van der Waals surface area contributed by atoms with Crippen LogP contribution in [0.3, 0.4) is 0 Å². The number of rotatable bonds is 9. The number of halogens is 1. The predicted molar refractivity (Wildman–Crippen MR) is 118 cm³/mol. The van der Waals surface area contributed by atoms with Crippen LogP contribution in [-0.4, -0.2) is 6.54 Å².